The molecule has 2 heterocycles. The summed E-state index contributed by atoms with van der Waals surface area (Å²) < 4.78 is 18.4. The van der Waals surface area contributed by atoms with Crippen molar-refractivity contribution in [1.29, 1.82) is 0 Å². The summed E-state index contributed by atoms with van der Waals surface area (Å²) in [4.78, 5) is 25.5. The number of carbonyl (C=O) groups excluding carboxylic acids is 2. The van der Waals surface area contributed by atoms with Gasteiger partial charge in [-0.1, -0.05) is 32.0 Å². The molecule has 6 nitrogen and oxygen atoms in total. The number of nitrogens with zero attached hydrogens (tertiary/aromatic N) is 1. The summed E-state index contributed by atoms with van der Waals surface area (Å²) in [5.41, 5.74) is 1.71. The molecule has 1 unspecified atom stereocenters. The quantitative estimate of drug-likeness (QED) is 0.590. The number of halogens is 1. The third-order valence-corrected chi connectivity index (χ3v) is 5.07. The smallest absolute Gasteiger partial charge is 0.342 e. The highest BCUT2D eigenvalue weighted by Crippen LogP contribution is 2.26. The maximum absolute atomic E-state index is 13.2. The second-order valence-corrected chi connectivity index (χ2v) is 7.47. The first kappa shape index (κ1) is 19.8. The van der Waals surface area contributed by atoms with Gasteiger partial charge in [-0.2, -0.15) is 5.10 Å². The molecule has 0 aliphatic carbocycles. The highest BCUT2D eigenvalue weighted by molar-refractivity contribution is 7.10. The van der Waals surface area contributed by atoms with E-state index in [1.54, 1.807) is 12.1 Å². The fourth-order valence-electron chi connectivity index (χ4n) is 2.74. The number of esters is 1. The van der Waals surface area contributed by atoms with Crippen molar-refractivity contribution in [2.45, 2.75) is 25.8 Å². The van der Waals surface area contributed by atoms with E-state index in [1.807, 2.05) is 31.4 Å². The van der Waals surface area contributed by atoms with Gasteiger partial charge in [-0.05, 0) is 35.1 Å². The molecule has 0 saturated heterocycles. The summed E-state index contributed by atoms with van der Waals surface area (Å²) in [6.07, 6.45) is 1.39. The molecule has 3 rings (SSSR count). The normalized spacial score (nSPS) is 12.0. The number of nitrogens with one attached hydrogen (secondary N) is 2. The van der Waals surface area contributed by atoms with Crippen LogP contribution in [0.15, 0.2) is 48.0 Å². The standard InChI is InChI=1S/C20H20FN3O3S/c1-12(2)18-15(10-22-24-18)20(26)27-11-17(25)23-19(16-4-3-9-28-16)13-5-7-14(21)8-6-13/h3-10,12,19H,11H2,1-2H3,(H,22,24)(H,23,25). The second-order valence-electron chi connectivity index (χ2n) is 6.50. The fourth-order valence-corrected chi connectivity index (χ4v) is 3.54. The van der Waals surface area contributed by atoms with Crippen molar-refractivity contribution in [3.8, 4) is 0 Å². The van der Waals surface area contributed by atoms with E-state index in [0.29, 0.717) is 11.3 Å². The fraction of sp³-hybridized carbons (Fsp3) is 0.250. The number of hydrogen-bond donors (Lipinski definition) is 2. The van der Waals surface area contributed by atoms with Crippen LogP contribution in [-0.4, -0.2) is 28.7 Å². The van der Waals surface area contributed by atoms with E-state index in [1.165, 1.54) is 29.7 Å². The molecule has 28 heavy (non-hydrogen) atoms. The van der Waals surface area contributed by atoms with Crippen molar-refractivity contribution in [2.24, 2.45) is 0 Å². The van der Waals surface area contributed by atoms with Crippen LogP contribution in [0.5, 0.6) is 0 Å². The number of rotatable bonds is 7. The second kappa shape index (κ2) is 8.79. The van der Waals surface area contributed by atoms with E-state index in [4.69, 9.17) is 4.74 Å². The van der Waals surface area contributed by atoms with Crippen LogP contribution in [0.3, 0.4) is 0 Å². The Morgan fingerprint density at radius 3 is 2.64 bits per heavy atom. The highest BCUT2D eigenvalue weighted by Gasteiger charge is 2.21. The molecule has 1 aromatic carbocycles. The average Bonchev–Trinajstić information content (AvgIpc) is 3.36. The molecule has 0 fully saturated rings. The zero-order valence-electron chi connectivity index (χ0n) is 15.4. The van der Waals surface area contributed by atoms with E-state index in [0.717, 1.165) is 10.4 Å². The number of hydrogen-bond acceptors (Lipinski definition) is 5. The molecule has 1 amide bonds. The first-order chi connectivity index (χ1) is 13.5. The highest BCUT2D eigenvalue weighted by atomic mass is 32.1. The lowest BCUT2D eigenvalue weighted by Crippen LogP contribution is -2.32. The van der Waals surface area contributed by atoms with Crippen LogP contribution < -0.4 is 5.32 Å². The van der Waals surface area contributed by atoms with Crippen LogP contribution in [0.1, 0.15) is 52.3 Å². The van der Waals surface area contributed by atoms with Crippen molar-refractivity contribution in [3.05, 3.63) is 75.5 Å². The minimum Gasteiger partial charge on any atom is -0.452 e. The lowest BCUT2D eigenvalue weighted by atomic mass is 10.1. The average molecular weight is 401 g/mol. The van der Waals surface area contributed by atoms with E-state index in [9.17, 15) is 14.0 Å². The van der Waals surface area contributed by atoms with Crippen molar-refractivity contribution in [2.75, 3.05) is 6.61 Å². The van der Waals surface area contributed by atoms with Crippen LogP contribution in [-0.2, 0) is 9.53 Å². The van der Waals surface area contributed by atoms with Crippen LogP contribution in [0.2, 0.25) is 0 Å². The van der Waals surface area contributed by atoms with Crippen molar-refractivity contribution < 1.29 is 18.7 Å². The van der Waals surface area contributed by atoms with Crippen molar-refractivity contribution in [3.63, 3.8) is 0 Å². The molecular weight excluding hydrogens is 381 g/mol. The van der Waals surface area contributed by atoms with Gasteiger partial charge in [0.25, 0.3) is 5.91 Å². The van der Waals surface area contributed by atoms with E-state index < -0.39 is 24.5 Å². The number of H-pyrrole nitrogens is 1. The Balaban J connectivity index is 1.66. The van der Waals surface area contributed by atoms with Crippen LogP contribution in [0, 0.1) is 5.82 Å². The third-order valence-electron chi connectivity index (χ3n) is 4.14. The predicted octanol–water partition coefficient (Wildman–Crippen LogP) is 3.80. The van der Waals surface area contributed by atoms with Gasteiger partial charge in [-0.15, -0.1) is 11.3 Å². The molecule has 0 radical (unpaired) electrons. The van der Waals surface area contributed by atoms with Crippen LogP contribution in [0.4, 0.5) is 4.39 Å². The molecule has 2 aromatic heterocycles. The topological polar surface area (TPSA) is 84.1 Å². The summed E-state index contributed by atoms with van der Waals surface area (Å²) in [5, 5.41) is 11.4. The van der Waals surface area contributed by atoms with Gasteiger partial charge in [0.1, 0.15) is 11.4 Å². The molecule has 2 N–H and O–H groups in total. The van der Waals surface area contributed by atoms with E-state index >= 15 is 0 Å². The number of carbonyl (C=O) groups is 2. The monoisotopic (exact) mass is 401 g/mol. The maximum atomic E-state index is 13.2. The van der Waals surface area contributed by atoms with Crippen LogP contribution >= 0.6 is 11.3 Å². The summed E-state index contributed by atoms with van der Waals surface area (Å²) in [7, 11) is 0. The molecule has 0 spiro atoms. The van der Waals surface area contributed by atoms with Crippen LogP contribution in [0.25, 0.3) is 0 Å². The van der Waals surface area contributed by atoms with E-state index in [-0.39, 0.29) is 11.7 Å². The molecular formula is C20H20FN3O3S. The zero-order valence-corrected chi connectivity index (χ0v) is 16.3. The molecule has 8 heteroatoms. The number of amides is 1. The molecule has 0 aliphatic heterocycles. The molecule has 1 atom stereocenters. The number of aromatic amines is 1. The predicted molar refractivity (Wildman–Crippen MR) is 104 cm³/mol. The summed E-state index contributed by atoms with van der Waals surface area (Å²) in [5.74, 6) is -1.34. The van der Waals surface area contributed by atoms with Crippen molar-refractivity contribution >= 4 is 23.2 Å². The number of thiophene rings is 1. The maximum Gasteiger partial charge on any atom is 0.342 e. The van der Waals surface area contributed by atoms with Gasteiger partial charge in [0.2, 0.25) is 0 Å². The van der Waals surface area contributed by atoms with Gasteiger partial charge in [0, 0.05) is 4.88 Å². The SMILES string of the molecule is CC(C)c1[nH]ncc1C(=O)OCC(=O)NC(c1ccc(F)cc1)c1cccs1. The molecule has 146 valence electrons. The molecule has 0 aliphatic rings. The summed E-state index contributed by atoms with van der Waals surface area (Å²) >= 11 is 1.47. The summed E-state index contributed by atoms with van der Waals surface area (Å²) in [6, 6.07) is 9.22. The first-order valence-corrected chi connectivity index (χ1v) is 9.62. The summed E-state index contributed by atoms with van der Waals surface area (Å²) in [6.45, 7) is 3.42. The van der Waals surface area contributed by atoms with Gasteiger partial charge in [0.05, 0.1) is 17.9 Å². The number of benzene rings is 1. The first-order valence-electron chi connectivity index (χ1n) is 8.74. The minimum absolute atomic E-state index is 0.0700. The molecule has 0 saturated carbocycles. The number of aromatic nitrogens is 2. The van der Waals surface area contributed by atoms with Gasteiger partial charge in [0.15, 0.2) is 6.61 Å². The molecule has 3 aromatic rings. The Bertz CT molecular complexity index is 936. The Morgan fingerprint density at radius 2 is 2.00 bits per heavy atom. The third kappa shape index (κ3) is 4.64. The van der Waals surface area contributed by atoms with Crippen molar-refractivity contribution in [1.82, 2.24) is 15.5 Å². The Labute approximate surface area is 165 Å². The zero-order chi connectivity index (χ0) is 20.1. The molecule has 0 bridgehead atoms. The van der Waals surface area contributed by atoms with Gasteiger partial charge in [-0.25, -0.2) is 9.18 Å². The van der Waals surface area contributed by atoms with Gasteiger partial charge < -0.3 is 10.1 Å². The largest absolute Gasteiger partial charge is 0.452 e. The van der Waals surface area contributed by atoms with Gasteiger partial charge >= 0.3 is 5.97 Å². The Hall–Kier alpha value is -3.00. The van der Waals surface area contributed by atoms with E-state index in [2.05, 4.69) is 15.5 Å². The lowest BCUT2D eigenvalue weighted by molar-refractivity contribution is -0.124. The Morgan fingerprint density at radius 1 is 1.25 bits per heavy atom. The minimum atomic E-state index is -0.609. The number of ether oxygens (including phenoxy) is 1. The van der Waals surface area contributed by atoms with Gasteiger partial charge in [-0.3, -0.25) is 9.89 Å². The Kier molecular flexibility index (Phi) is 6.20. The lowest BCUT2D eigenvalue weighted by Gasteiger charge is -2.18.